The van der Waals surface area contributed by atoms with Gasteiger partial charge in [0.1, 0.15) is 5.75 Å². The van der Waals surface area contributed by atoms with Gasteiger partial charge >= 0.3 is 5.97 Å². The van der Waals surface area contributed by atoms with Crippen LogP contribution in [-0.4, -0.2) is 33.4 Å². The summed E-state index contributed by atoms with van der Waals surface area (Å²) in [6.07, 6.45) is -1.08. The quantitative estimate of drug-likeness (QED) is 0.617. The zero-order valence-corrected chi connectivity index (χ0v) is 14.0. The van der Waals surface area contributed by atoms with Crippen LogP contribution in [-0.2, 0) is 16.6 Å². The normalized spacial score (nSPS) is 12.4. The third-order valence-corrected chi connectivity index (χ3v) is 4.03. The molecule has 0 radical (unpaired) electrons. The summed E-state index contributed by atoms with van der Waals surface area (Å²) in [6.45, 7) is 5.15. The first-order chi connectivity index (χ1) is 11.2. The van der Waals surface area contributed by atoms with Crippen LogP contribution in [0.5, 0.6) is 5.75 Å². The maximum Gasteiger partial charge on any atom is 0.345 e. The van der Waals surface area contributed by atoms with E-state index in [4.69, 9.17) is 10.5 Å². The molecule has 0 saturated heterocycles. The number of carboxylic acid groups (broad SMARTS) is 1. The number of amides is 1. The first-order valence-corrected chi connectivity index (χ1v) is 7.48. The minimum Gasteiger partial charge on any atom is -0.478 e. The number of Topliss-reactive ketones (excluding diaryl/α,β-unsaturated/α-hetero) is 1. The molecule has 1 aromatic carbocycles. The lowest BCUT2D eigenvalue weighted by Crippen LogP contribution is -2.32. The molecule has 2 rings (SSSR count). The van der Waals surface area contributed by atoms with E-state index in [0.717, 1.165) is 0 Å². The van der Waals surface area contributed by atoms with Crippen molar-refractivity contribution in [2.45, 2.75) is 26.9 Å². The number of rotatable bonds is 6. The Balaban J connectivity index is 2.72. The number of aromatic nitrogens is 1. The Morgan fingerprint density at radius 1 is 1.25 bits per heavy atom. The lowest BCUT2D eigenvalue weighted by atomic mass is 10.0. The number of ether oxygens (including phenoxy) is 1. The highest BCUT2D eigenvalue weighted by molar-refractivity contribution is 6.45. The lowest BCUT2D eigenvalue weighted by Gasteiger charge is -2.19. The van der Waals surface area contributed by atoms with Crippen molar-refractivity contribution in [3.63, 3.8) is 0 Å². The Morgan fingerprint density at radius 2 is 1.88 bits per heavy atom. The number of nitrogens with zero attached hydrogens (tertiary/aromatic N) is 1. The number of fused-ring (bicyclic) bond motifs is 1. The van der Waals surface area contributed by atoms with E-state index in [-0.39, 0.29) is 17.2 Å². The third kappa shape index (κ3) is 2.84. The Morgan fingerprint density at radius 3 is 2.38 bits per heavy atom. The summed E-state index contributed by atoms with van der Waals surface area (Å²) in [5.74, 6) is -3.04. The summed E-state index contributed by atoms with van der Waals surface area (Å²) in [5, 5.41) is 9.73. The number of carbonyl (C=O) groups excluding carboxylic acids is 2. The largest absolute Gasteiger partial charge is 0.478 e. The predicted molar refractivity (Wildman–Crippen MR) is 88.1 cm³/mol. The van der Waals surface area contributed by atoms with Gasteiger partial charge in [-0.2, -0.15) is 0 Å². The molecule has 1 atom stereocenters. The molecule has 7 nitrogen and oxygen atoms in total. The van der Waals surface area contributed by atoms with Gasteiger partial charge in [0.2, 0.25) is 0 Å². The molecule has 0 aliphatic heterocycles. The Bertz CT molecular complexity index is 835. The van der Waals surface area contributed by atoms with Crippen LogP contribution in [0.2, 0.25) is 0 Å². The van der Waals surface area contributed by atoms with E-state index in [1.165, 1.54) is 0 Å². The number of carboxylic acids is 1. The molecule has 7 heteroatoms. The molecule has 1 heterocycles. The molecule has 3 N–H and O–H groups in total. The van der Waals surface area contributed by atoms with E-state index < -0.39 is 23.8 Å². The summed E-state index contributed by atoms with van der Waals surface area (Å²) in [6, 6.07) is 5.05. The number of aryl methyl sites for hydroxylation is 1. The second-order valence-electron chi connectivity index (χ2n) is 5.98. The number of primary amides is 1. The third-order valence-electron chi connectivity index (χ3n) is 4.03. The van der Waals surface area contributed by atoms with Crippen molar-refractivity contribution in [1.82, 2.24) is 4.57 Å². The highest BCUT2D eigenvalue weighted by atomic mass is 16.5. The fraction of sp³-hybridized carbons (Fsp3) is 0.353. The Hall–Kier alpha value is -2.83. The van der Waals surface area contributed by atoms with Gasteiger partial charge < -0.3 is 20.1 Å². The van der Waals surface area contributed by atoms with Gasteiger partial charge in [0.05, 0.1) is 16.5 Å². The van der Waals surface area contributed by atoms with E-state index in [1.54, 1.807) is 50.6 Å². The van der Waals surface area contributed by atoms with Crippen molar-refractivity contribution in [3.8, 4) is 5.75 Å². The fourth-order valence-corrected chi connectivity index (χ4v) is 2.69. The minimum atomic E-state index is -1.10. The highest BCUT2D eigenvalue weighted by Gasteiger charge is 2.28. The van der Waals surface area contributed by atoms with Gasteiger partial charge in [0.25, 0.3) is 11.7 Å². The van der Waals surface area contributed by atoms with Crippen molar-refractivity contribution in [2.75, 3.05) is 0 Å². The van der Waals surface area contributed by atoms with E-state index in [9.17, 15) is 19.5 Å². The van der Waals surface area contributed by atoms with E-state index >= 15 is 0 Å². The van der Waals surface area contributed by atoms with Gasteiger partial charge in [-0.25, -0.2) is 4.79 Å². The standard InChI is InChI=1S/C17H20N2O5/c1-8(2)15(17(22)23)24-11-7-5-6-10-13(11)12(9(3)19(10)4)14(20)16(18)21/h5-8,15H,1-4H3,(H2,18,21)(H,22,23). The summed E-state index contributed by atoms with van der Waals surface area (Å²) < 4.78 is 7.41. The molecule has 1 unspecified atom stereocenters. The van der Waals surface area contributed by atoms with Crippen LogP contribution in [0.15, 0.2) is 18.2 Å². The van der Waals surface area contributed by atoms with Crippen molar-refractivity contribution < 1.29 is 24.2 Å². The van der Waals surface area contributed by atoms with Crippen LogP contribution in [0, 0.1) is 12.8 Å². The SMILES string of the molecule is Cc1c(C(=O)C(N)=O)c2c(OC(C(=O)O)C(C)C)cccc2n1C. The van der Waals surface area contributed by atoms with Crippen LogP contribution in [0.25, 0.3) is 10.9 Å². The first kappa shape index (κ1) is 17.5. The number of nitrogens with two attached hydrogens (primary N) is 1. The smallest absolute Gasteiger partial charge is 0.345 e. The zero-order chi connectivity index (χ0) is 18.2. The topological polar surface area (TPSA) is 112 Å². The molecule has 1 aromatic heterocycles. The van der Waals surface area contributed by atoms with Crippen LogP contribution < -0.4 is 10.5 Å². The second kappa shape index (κ2) is 6.35. The van der Waals surface area contributed by atoms with Crippen molar-refractivity contribution in [2.24, 2.45) is 18.7 Å². The maximum atomic E-state index is 12.2. The highest BCUT2D eigenvalue weighted by Crippen LogP contribution is 2.34. The van der Waals surface area contributed by atoms with Crippen LogP contribution >= 0.6 is 0 Å². The summed E-state index contributed by atoms with van der Waals surface area (Å²) in [4.78, 5) is 35.0. The lowest BCUT2D eigenvalue weighted by molar-refractivity contribution is -0.147. The average molecular weight is 332 g/mol. The summed E-state index contributed by atoms with van der Waals surface area (Å²) in [7, 11) is 1.75. The number of hydrogen-bond acceptors (Lipinski definition) is 4. The predicted octanol–water partition coefficient (Wildman–Crippen LogP) is 1.64. The van der Waals surface area contributed by atoms with Gasteiger partial charge in [-0.3, -0.25) is 9.59 Å². The zero-order valence-electron chi connectivity index (χ0n) is 14.0. The van der Waals surface area contributed by atoms with Gasteiger partial charge in [0, 0.05) is 18.7 Å². The fourth-order valence-electron chi connectivity index (χ4n) is 2.69. The molecule has 0 spiro atoms. The van der Waals surface area contributed by atoms with E-state index in [2.05, 4.69) is 0 Å². The number of hydrogen-bond donors (Lipinski definition) is 2. The number of aliphatic carboxylic acids is 1. The Labute approximate surface area is 139 Å². The van der Waals surface area contributed by atoms with Crippen molar-refractivity contribution in [1.29, 1.82) is 0 Å². The van der Waals surface area contributed by atoms with Gasteiger partial charge in [-0.1, -0.05) is 19.9 Å². The van der Waals surface area contributed by atoms with Crippen molar-refractivity contribution in [3.05, 3.63) is 29.5 Å². The van der Waals surface area contributed by atoms with Crippen molar-refractivity contribution >= 4 is 28.6 Å². The van der Waals surface area contributed by atoms with Gasteiger partial charge in [-0.15, -0.1) is 0 Å². The minimum absolute atomic E-state index is 0.142. The molecule has 0 fully saturated rings. The number of ketones is 1. The van der Waals surface area contributed by atoms with Crippen LogP contribution in [0.4, 0.5) is 0 Å². The van der Waals surface area contributed by atoms with E-state index in [0.29, 0.717) is 16.6 Å². The number of benzene rings is 1. The molecule has 0 bridgehead atoms. The molecule has 0 aliphatic carbocycles. The first-order valence-electron chi connectivity index (χ1n) is 7.48. The summed E-state index contributed by atoms with van der Waals surface area (Å²) in [5.41, 5.74) is 6.51. The molecular formula is C17H20N2O5. The second-order valence-corrected chi connectivity index (χ2v) is 5.98. The Kier molecular flexibility index (Phi) is 4.64. The molecule has 0 aliphatic rings. The summed E-state index contributed by atoms with van der Waals surface area (Å²) >= 11 is 0. The van der Waals surface area contributed by atoms with Gasteiger partial charge in [0.15, 0.2) is 6.10 Å². The van der Waals surface area contributed by atoms with E-state index in [1.807, 2.05) is 0 Å². The molecule has 0 saturated carbocycles. The average Bonchev–Trinajstić information content (AvgIpc) is 2.76. The van der Waals surface area contributed by atoms with Gasteiger partial charge in [-0.05, 0) is 19.1 Å². The van der Waals surface area contributed by atoms with Crippen LogP contribution in [0.3, 0.4) is 0 Å². The van der Waals surface area contributed by atoms with Crippen LogP contribution in [0.1, 0.15) is 29.9 Å². The maximum absolute atomic E-state index is 12.2. The monoisotopic (exact) mass is 332 g/mol. The molecule has 1 amide bonds. The molecular weight excluding hydrogens is 312 g/mol. The molecule has 128 valence electrons. The molecule has 2 aromatic rings. The molecule has 24 heavy (non-hydrogen) atoms. The number of carbonyl (C=O) groups is 3.